The van der Waals surface area contributed by atoms with E-state index >= 15 is 0 Å². The smallest absolute Gasteiger partial charge is 0.261 e. The fourth-order valence-corrected chi connectivity index (χ4v) is 2.60. The number of halogens is 2. The summed E-state index contributed by atoms with van der Waals surface area (Å²) in [5, 5.41) is 7.31. The van der Waals surface area contributed by atoms with Gasteiger partial charge in [-0.15, -0.1) is 0 Å². The Labute approximate surface area is 123 Å². The van der Waals surface area contributed by atoms with Gasteiger partial charge in [-0.2, -0.15) is 4.98 Å². The van der Waals surface area contributed by atoms with Crippen molar-refractivity contribution in [2.75, 3.05) is 26.3 Å². The Morgan fingerprint density at radius 3 is 2.95 bits per heavy atom. The average molecular weight is 303 g/mol. The van der Waals surface area contributed by atoms with Gasteiger partial charge in [0.1, 0.15) is 6.61 Å². The van der Waals surface area contributed by atoms with Crippen molar-refractivity contribution in [2.24, 2.45) is 5.92 Å². The van der Waals surface area contributed by atoms with Crippen LogP contribution in [0.2, 0.25) is 0 Å². The fourth-order valence-electron chi connectivity index (χ4n) is 2.60. The van der Waals surface area contributed by atoms with Gasteiger partial charge in [0.05, 0.1) is 6.61 Å². The second-order valence-corrected chi connectivity index (χ2v) is 6.00. The van der Waals surface area contributed by atoms with E-state index in [1.807, 2.05) is 0 Å². The van der Waals surface area contributed by atoms with Crippen LogP contribution in [0.1, 0.15) is 38.4 Å². The van der Waals surface area contributed by atoms with E-state index in [1.165, 1.54) is 0 Å². The van der Waals surface area contributed by atoms with Crippen LogP contribution < -0.4 is 5.32 Å². The van der Waals surface area contributed by atoms with Gasteiger partial charge in [0.25, 0.3) is 6.43 Å². The number of alkyl halides is 2. The molecule has 21 heavy (non-hydrogen) atoms. The summed E-state index contributed by atoms with van der Waals surface area (Å²) in [5.41, 5.74) is -0.192. The lowest BCUT2D eigenvalue weighted by atomic mass is 9.75. The molecule has 1 unspecified atom stereocenters. The van der Waals surface area contributed by atoms with Gasteiger partial charge in [-0.25, -0.2) is 8.78 Å². The number of aromatic nitrogens is 2. The molecule has 1 atom stereocenters. The van der Waals surface area contributed by atoms with Crippen LogP contribution in [-0.4, -0.2) is 42.9 Å². The Balaban J connectivity index is 1.88. The van der Waals surface area contributed by atoms with Gasteiger partial charge in [-0.05, 0) is 31.8 Å². The third-order valence-corrected chi connectivity index (χ3v) is 4.05. The Hall–Kier alpha value is -1.08. The van der Waals surface area contributed by atoms with E-state index in [0.29, 0.717) is 24.1 Å². The lowest BCUT2D eigenvalue weighted by Gasteiger charge is -2.34. The van der Waals surface area contributed by atoms with Crippen molar-refractivity contribution in [2.45, 2.75) is 45.0 Å². The van der Waals surface area contributed by atoms with Gasteiger partial charge in [0.15, 0.2) is 5.82 Å². The van der Waals surface area contributed by atoms with Crippen molar-refractivity contribution in [3.8, 4) is 0 Å². The first kappa shape index (κ1) is 16.3. The summed E-state index contributed by atoms with van der Waals surface area (Å²) in [6, 6.07) is 0. The first-order valence-corrected chi connectivity index (χ1v) is 7.40. The van der Waals surface area contributed by atoms with E-state index in [0.717, 1.165) is 25.9 Å². The number of ether oxygens (including phenoxy) is 1. The summed E-state index contributed by atoms with van der Waals surface area (Å²) in [6.45, 7) is 5.84. The Morgan fingerprint density at radius 2 is 2.29 bits per heavy atom. The predicted octanol–water partition coefficient (Wildman–Crippen LogP) is 2.17. The van der Waals surface area contributed by atoms with Crippen molar-refractivity contribution < 1.29 is 18.0 Å². The summed E-state index contributed by atoms with van der Waals surface area (Å²) in [6.07, 6.45) is 0.227. The monoisotopic (exact) mass is 303 g/mol. The van der Waals surface area contributed by atoms with Crippen LogP contribution in [0.25, 0.3) is 0 Å². The molecule has 0 radical (unpaired) electrons. The molecular formula is C14H23F2N3O2. The highest BCUT2D eigenvalue weighted by Gasteiger charge is 2.37. The van der Waals surface area contributed by atoms with Crippen LogP contribution in [0.4, 0.5) is 8.78 Å². The Bertz CT molecular complexity index is 432. The molecule has 1 aliphatic rings. The van der Waals surface area contributed by atoms with Crippen molar-refractivity contribution in [1.29, 1.82) is 0 Å². The molecule has 7 heteroatoms. The highest BCUT2D eigenvalue weighted by atomic mass is 19.3. The van der Waals surface area contributed by atoms with Gasteiger partial charge in [0, 0.05) is 11.8 Å². The average Bonchev–Trinajstić information content (AvgIpc) is 2.94. The molecule has 1 fully saturated rings. The molecule has 2 rings (SSSR count). The largest absolute Gasteiger partial charge is 0.375 e. The van der Waals surface area contributed by atoms with E-state index in [1.54, 1.807) is 0 Å². The van der Waals surface area contributed by atoms with Gasteiger partial charge in [-0.3, -0.25) is 0 Å². The van der Waals surface area contributed by atoms with Crippen LogP contribution in [0.5, 0.6) is 0 Å². The number of rotatable bonds is 7. The minimum absolute atomic E-state index is 0.175. The first-order chi connectivity index (χ1) is 10.00. The normalized spacial score (nSPS) is 20.1. The molecular weight excluding hydrogens is 280 g/mol. The summed E-state index contributed by atoms with van der Waals surface area (Å²) in [5.74, 6) is 1.57. The minimum atomic E-state index is -2.44. The first-order valence-electron chi connectivity index (χ1n) is 7.40. The van der Waals surface area contributed by atoms with E-state index in [4.69, 9.17) is 9.26 Å². The highest BCUT2D eigenvalue weighted by molar-refractivity contribution is 5.05. The standard InChI is InChI=1S/C14H23F2N3O2/c1-14(2,10-4-3-6-17-8-10)13-18-12(19-21-13)5-7-20-9-11(15)16/h10-11,17H,3-9H2,1-2H3. The number of piperidine rings is 1. The van der Waals surface area contributed by atoms with Gasteiger partial charge in [-0.1, -0.05) is 19.0 Å². The second kappa shape index (κ2) is 7.26. The molecule has 0 aliphatic carbocycles. The van der Waals surface area contributed by atoms with Crippen LogP contribution in [-0.2, 0) is 16.6 Å². The summed E-state index contributed by atoms with van der Waals surface area (Å²) in [4.78, 5) is 4.40. The maximum atomic E-state index is 11.9. The van der Waals surface area contributed by atoms with Crippen molar-refractivity contribution in [3.05, 3.63) is 11.7 Å². The van der Waals surface area contributed by atoms with Crippen molar-refractivity contribution in [3.63, 3.8) is 0 Å². The minimum Gasteiger partial charge on any atom is -0.375 e. The van der Waals surface area contributed by atoms with Crippen LogP contribution in [0, 0.1) is 5.92 Å². The summed E-state index contributed by atoms with van der Waals surface area (Å²) < 4.78 is 34.1. The Morgan fingerprint density at radius 1 is 1.48 bits per heavy atom. The molecule has 1 aliphatic heterocycles. The number of nitrogens with one attached hydrogen (secondary N) is 1. The Kier molecular flexibility index (Phi) is 5.64. The molecule has 1 aromatic heterocycles. The summed E-state index contributed by atoms with van der Waals surface area (Å²) in [7, 11) is 0. The van der Waals surface area contributed by atoms with Gasteiger partial charge in [0.2, 0.25) is 5.89 Å². The second-order valence-electron chi connectivity index (χ2n) is 6.00. The molecule has 1 aromatic rings. The van der Waals surface area contributed by atoms with Gasteiger partial charge >= 0.3 is 0 Å². The zero-order chi connectivity index (χ0) is 15.3. The predicted molar refractivity (Wildman–Crippen MR) is 73.4 cm³/mol. The lowest BCUT2D eigenvalue weighted by Crippen LogP contribution is -2.40. The van der Waals surface area contributed by atoms with Crippen molar-refractivity contribution >= 4 is 0 Å². The number of hydrogen-bond acceptors (Lipinski definition) is 5. The maximum absolute atomic E-state index is 11.9. The molecule has 2 heterocycles. The number of nitrogens with zero attached hydrogens (tertiary/aromatic N) is 2. The van der Waals surface area contributed by atoms with Gasteiger partial charge < -0.3 is 14.6 Å². The van der Waals surface area contributed by atoms with E-state index < -0.39 is 13.0 Å². The van der Waals surface area contributed by atoms with Crippen LogP contribution in [0.3, 0.4) is 0 Å². The molecule has 1 N–H and O–H groups in total. The zero-order valence-electron chi connectivity index (χ0n) is 12.6. The third kappa shape index (κ3) is 4.44. The van der Waals surface area contributed by atoms with Crippen LogP contribution in [0.15, 0.2) is 4.52 Å². The molecule has 120 valence electrons. The third-order valence-electron chi connectivity index (χ3n) is 4.05. The fraction of sp³-hybridized carbons (Fsp3) is 0.857. The van der Waals surface area contributed by atoms with E-state index in [9.17, 15) is 8.78 Å². The molecule has 0 aromatic carbocycles. The topological polar surface area (TPSA) is 60.2 Å². The lowest BCUT2D eigenvalue weighted by molar-refractivity contribution is 0.0182. The van der Waals surface area contributed by atoms with E-state index in [2.05, 4.69) is 29.3 Å². The molecule has 0 spiro atoms. The maximum Gasteiger partial charge on any atom is 0.261 e. The zero-order valence-corrected chi connectivity index (χ0v) is 12.6. The molecule has 1 saturated heterocycles. The number of hydrogen-bond donors (Lipinski definition) is 1. The van der Waals surface area contributed by atoms with E-state index in [-0.39, 0.29) is 12.0 Å². The summed E-state index contributed by atoms with van der Waals surface area (Å²) >= 11 is 0. The molecule has 0 saturated carbocycles. The molecule has 0 bridgehead atoms. The molecule has 5 nitrogen and oxygen atoms in total. The SMILES string of the molecule is CC(C)(c1nc(CCOCC(F)F)no1)C1CCCNC1. The quantitative estimate of drug-likeness (QED) is 0.782. The van der Waals surface area contributed by atoms with Crippen molar-refractivity contribution in [1.82, 2.24) is 15.5 Å². The molecule has 0 amide bonds. The van der Waals surface area contributed by atoms with Crippen LogP contribution >= 0.6 is 0 Å². The highest BCUT2D eigenvalue weighted by Crippen LogP contribution is 2.34.